The fourth-order valence-corrected chi connectivity index (χ4v) is 3.87. The van der Waals surface area contributed by atoms with Gasteiger partial charge in [0, 0.05) is 51.9 Å². The molecule has 1 amide bonds. The molecule has 0 aliphatic carbocycles. The number of amides is 1. The molecule has 3 rings (SSSR count). The predicted octanol–water partition coefficient (Wildman–Crippen LogP) is 1.61. The number of hydrogen-bond acceptors (Lipinski definition) is 4. The average Bonchev–Trinajstić information content (AvgIpc) is 2.63. The molecule has 138 valence electrons. The first kappa shape index (κ1) is 18.4. The SMILES string of the molecule is CCOCCN1CCN(CC(=O)N2CCc3ccccc3C2)CC1C. The van der Waals surface area contributed by atoms with Crippen LogP contribution >= 0.6 is 0 Å². The van der Waals surface area contributed by atoms with Crippen molar-refractivity contribution in [2.24, 2.45) is 0 Å². The summed E-state index contributed by atoms with van der Waals surface area (Å²) >= 11 is 0. The van der Waals surface area contributed by atoms with Crippen molar-refractivity contribution in [2.45, 2.75) is 32.9 Å². The zero-order chi connectivity index (χ0) is 17.6. The van der Waals surface area contributed by atoms with Crippen LogP contribution in [0, 0.1) is 0 Å². The van der Waals surface area contributed by atoms with E-state index in [0.29, 0.717) is 12.6 Å². The number of benzene rings is 1. The summed E-state index contributed by atoms with van der Waals surface area (Å²) in [5.74, 6) is 0.268. The lowest BCUT2D eigenvalue weighted by Crippen LogP contribution is -2.55. The van der Waals surface area contributed by atoms with Crippen LogP contribution in [0.3, 0.4) is 0 Å². The molecule has 0 saturated carbocycles. The van der Waals surface area contributed by atoms with Gasteiger partial charge >= 0.3 is 0 Å². The molecule has 0 radical (unpaired) electrons. The minimum absolute atomic E-state index is 0.268. The van der Waals surface area contributed by atoms with E-state index in [1.54, 1.807) is 0 Å². The van der Waals surface area contributed by atoms with Gasteiger partial charge in [-0.25, -0.2) is 0 Å². The third-order valence-electron chi connectivity index (χ3n) is 5.42. The molecule has 0 bridgehead atoms. The van der Waals surface area contributed by atoms with Crippen molar-refractivity contribution in [1.29, 1.82) is 0 Å². The third-order valence-corrected chi connectivity index (χ3v) is 5.42. The molecule has 1 fully saturated rings. The maximum absolute atomic E-state index is 12.7. The van der Waals surface area contributed by atoms with E-state index in [4.69, 9.17) is 4.74 Å². The summed E-state index contributed by atoms with van der Waals surface area (Å²) in [6, 6.07) is 8.96. The lowest BCUT2D eigenvalue weighted by atomic mass is 10.00. The van der Waals surface area contributed by atoms with Crippen molar-refractivity contribution in [3.63, 3.8) is 0 Å². The number of ether oxygens (including phenoxy) is 1. The summed E-state index contributed by atoms with van der Waals surface area (Å²) < 4.78 is 5.47. The zero-order valence-corrected chi connectivity index (χ0v) is 15.6. The van der Waals surface area contributed by atoms with E-state index in [9.17, 15) is 4.79 Å². The van der Waals surface area contributed by atoms with E-state index in [1.165, 1.54) is 11.1 Å². The Morgan fingerprint density at radius 1 is 1.20 bits per heavy atom. The van der Waals surface area contributed by atoms with Crippen molar-refractivity contribution < 1.29 is 9.53 Å². The Balaban J connectivity index is 1.46. The molecule has 1 aromatic carbocycles. The Kier molecular flexibility index (Phi) is 6.45. The predicted molar refractivity (Wildman–Crippen MR) is 99.5 cm³/mol. The van der Waals surface area contributed by atoms with Crippen LogP contribution in [-0.4, -0.2) is 79.1 Å². The van der Waals surface area contributed by atoms with Crippen LogP contribution in [0.5, 0.6) is 0 Å². The second-order valence-electron chi connectivity index (χ2n) is 7.15. The average molecular weight is 345 g/mol. The molecular weight excluding hydrogens is 314 g/mol. The van der Waals surface area contributed by atoms with Crippen LogP contribution in [0.15, 0.2) is 24.3 Å². The van der Waals surface area contributed by atoms with E-state index in [2.05, 4.69) is 41.0 Å². The minimum atomic E-state index is 0.268. The minimum Gasteiger partial charge on any atom is -0.380 e. The molecule has 0 N–H and O–H groups in total. The normalized spacial score (nSPS) is 22.0. The summed E-state index contributed by atoms with van der Waals surface area (Å²) in [7, 11) is 0. The Labute approximate surface area is 151 Å². The van der Waals surface area contributed by atoms with Gasteiger partial charge in [0.1, 0.15) is 0 Å². The van der Waals surface area contributed by atoms with Gasteiger partial charge in [0.15, 0.2) is 0 Å². The molecule has 1 unspecified atom stereocenters. The summed E-state index contributed by atoms with van der Waals surface area (Å²) in [6.07, 6.45) is 0.976. The van der Waals surface area contributed by atoms with Crippen LogP contribution in [0.4, 0.5) is 0 Å². The van der Waals surface area contributed by atoms with Crippen LogP contribution in [0.2, 0.25) is 0 Å². The monoisotopic (exact) mass is 345 g/mol. The van der Waals surface area contributed by atoms with Crippen molar-refractivity contribution in [1.82, 2.24) is 14.7 Å². The third kappa shape index (κ3) is 4.81. The molecule has 5 nitrogen and oxygen atoms in total. The summed E-state index contributed by atoms with van der Waals surface area (Å²) in [4.78, 5) is 19.5. The summed E-state index contributed by atoms with van der Waals surface area (Å²) in [5.41, 5.74) is 2.69. The van der Waals surface area contributed by atoms with Crippen molar-refractivity contribution in [3.05, 3.63) is 35.4 Å². The molecule has 0 spiro atoms. The van der Waals surface area contributed by atoms with Gasteiger partial charge < -0.3 is 9.64 Å². The fraction of sp³-hybridized carbons (Fsp3) is 0.650. The highest BCUT2D eigenvalue weighted by Gasteiger charge is 2.27. The molecule has 25 heavy (non-hydrogen) atoms. The van der Waals surface area contributed by atoms with Gasteiger partial charge in [-0.05, 0) is 31.4 Å². The molecule has 2 heterocycles. The summed E-state index contributed by atoms with van der Waals surface area (Å²) in [5, 5.41) is 0. The van der Waals surface area contributed by atoms with Gasteiger partial charge in [-0.3, -0.25) is 14.6 Å². The summed E-state index contributed by atoms with van der Waals surface area (Å²) in [6.45, 7) is 11.9. The van der Waals surface area contributed by atoms with Gasteiger partial charge in [-0.1, -0.05) is 24.3 Å². The zero-order valence-electron chi connectivity index (χ0n) is 15.6. The standard InChI is InChI=1S/C20H31N3O2/c1-3-25-13-12-22-11-10-21(14-17(22)2)16-20(24)23-9-8-18-6-4-5-7-19(18)15-23/h4-7,17H,3,8-16H2,1-2H3. The maximum Gasteiger partial charge on any atom is 0.237 e. The lowest BCUT2D eigenvalue weighted by Gasteiger charge is -2.40. The first-order valence-electron chi connectivity index (χ1n) is 9.56. The van der Waals surface area contributed by atoms with E-state index in [-0.39, 0.29) is 5.91 Å². The van der Waals surface area contributed by atoms with Crippen molar-refractivity contribution >= 4 is 5.91 Å². The Morgan fingerprint density at radius 3 is 2.76 bits per heavy atom. The molecular formula is C20H31N3O2. The van der Waals surface area contributed by atoms with E-state index >= 15 is 0 Å². The highest BCUT2D eigenvalue weighted by Crippen LogP contribution is 2.19. The smallest absolute Gasteiger partial charge is 0.237 e. The quantitative estimate of drug-likeness (QED) is 0.734. The molecule has 0 aromatic heterocycles. The topological polar surface area (TPSA) is 36.0 Å². The number of piperazine rings is 1. The highest BCUT2D eigenvalue weighted by molar-refractivity contribution is 5.78. The molecule has 2 aliphatic rings. The van der Waals surface area contributed by atoms with E-state index in [0.717, 1.165) is 58.9 Å². The molecule has 2 aliphatic heterocycles. The van der Waals surface area contributed by atoms with Gasteiger partial charge in [0.25, 0.3) is 0 Å². The van der Waals surface area contributed by atoms with Crippen LogP contribution < -0.4 is 0 Å². The van der Waals surface area contributed by atoms with Crippen LogP contribution in [-0.2, 0) is 22.5 Å². The lowest BCUT2D eigenvalue weighted by molar-refractivity contribution is -0.134. The Morgan fingerprint density at radius 2 is 2.00 bits per heavy atom. The Bertz CT molecular complexity index is 578. The number of nitrogens with zero attached hydrogens (tertiary/aromatic N) is 3. The van der Waals surface area contributed by atoms with Gasteiger partial charge in [0.2, 0.25) is 5.91 Å². The maximum atomic E-state index is 12.7. The number of carbonyl (C=O) groups is 1. The second kappa shape index (κ2) is 8.79. The van der Waals surface area contributed by atoms with Gasteiger partial charge in [-0.15, -0.1) is 0 Å². The molecule has 1 aromatic rings. The number of hydrogen-bond donors (Lipinski definition) is 0. The van der Waals surface area contributed by atoms with Crippen LogP contribution in [0.1, 0.15) is 25.0 Å². The van der Waals surface area contributed by atoms with Gasteiger partial charge in [-0.2, -0.15) is 0 Å². The van der Waals surface area contributed by atoms with Gasteiger partial charge in [0.05, 0.1) is 13.2 Å². The number of fused-ring (bicyclic) bond motifs is 1. The fourth-order valence-electron chi connectivity index (χ4n) is 3.87. The Hall–Kier alpha value is -1.43. The van der Waals surface area contributed by atoms with E-state index in [1.807, 2.05) is 11.8 Å². The molecule has 5 heteroatoms. The highest BCUT2D eigenvalue weighted by atomic mass is 16.5. The van der Waals surface area contributed by atoms with Crippen LogP contribution in [0.25, 0.3) is 0 Å². The van der Waals surface area contributed by atoms with Crippen molar-refractivity contribution in [2.75, 3.05) is 52.5 Å². The largest absolute Gasteiger partial charge is 0.380 e. The second-order valence-corrected chi connectivity index (χ2v) is 7.15. The first-order valence-corrected chi connectivity index (χ1v) is 9.56. The van der Waals surface area contributed by atoms with E-state index < -0.39 is 0 Å². The molecule has 1 atom stereocenters. The number of carbonyl (C=O) groups excluding carboxylic acids is 1. The first-order chi connectivity index (χ1) is 12.2. The van der Waals surface area contributed by atoms with Crippen molar-refractivity contribution in [3.8, 4) is 0 Å². The number of rotatable bonds is 6. The molecule has 1 saturated heterocycles.